The van der Waals surface area contributed by atoms with Crippen molar-refractivity contribution in [1.29, 1.82) is 0 Å². The number of hydrogen-bond acceptors (Lipinski definition) is 4. The third-order valence-electron chi connectivity index (χ3n) is 2.24. The smallest absolute Gasteiger partial charge is 0.334 e. The van der Waals surface area contributed by atoms with Crippen LogP contribution in [-0.4, -0.2) is 34.7 Å². The Morgan fingerprint density at radius 2 is 2.07 bits per heavy atom. The second-order valence-corrected chi connectivity index (χ2v) is 7.11. The molecule has 15 heavy (non-hydrogen) atoms. The Bertz CT molecular complexity index is 192. The molecule has 1 unspecified atom stereocenters. The van der Waals surface area contributed by atoms with E-state index in [1.807, 2.05) is 6.55 Å². The minimum absolute atomic E-state index is 0.274. The summed E-state index contributed by atoms with van der Waals surface area (Å²) in [6, 6.07) is 0.789. The Hall–Kier alpha value is -0.433. The van der Waals surface area contributed by atoms with Gasteiger partial charge in [0.05, 0.1) is 0 Å². The molecule has 6 heteroatoms. The molecule has 0 saturated heterocycles. The van der Waals surface area contributed by atoms with Gasteiger partial charge in [-0.25, -0.2) is 0 Å². The van der Waals surface area contributed by atoms with E-state index in [4.69, 9.17) is 20.3 Å². The summed E-state index contributed by atoms with van der Waals surface area (Å²) >= 11 is 0. The van der Waals surface area contributed by atoms with Crippen LogP contribution >= 0.6 is 0 Å². The highest BCUT2D eigenvalue weighted by molar-refractivity contribution is 6.65. The first-order valence-electron chi connectivity index (χ1n) is 5.21. The van der Waals surface area contributed by atoms with Crippen molar-refractivity contribution in [2.24, 2.45) is 11.5 Å². The molecule has 0 aromatic rings. The molecule has 0 spiro atoms. The van der Waals surface area contributed by atoms with Gasteiger partial charge in [0.1, 0.15) is 0 Å². The van der Waals surface area contributed by atoms with Crippen molar-refractivity contribution in [2.45, 2.75) is 31.9 Å². The highest BCUT2D eigenvalue weighted by Crippen LogP contribution is 2.16. The fourth-order valence-electron chi connectivity index (χ4n) is 1.19. The van der Waals surface area contributed by atoms with Crippen LogP contribution in [0.25, 0.3) is 0 Å². The Balaban J connectivity index is 3.79. The van der Waals surface area contributed by atoms with Crippen molar-refractivity contribution >= 4 is 14.5 Å². The Morgan fingerprint density at radius 3 is 2.53 bits per heavy atom. The highest BCUT2D eigenvalue weighted by Gasteiger charge is 2.29. The van der Waals surface area contributed by atoms with E-state index in [2.05, 4.69) is 0 Å². The van der Waals surface area contributed by atoms with Crippen molar-refractivity contribution in [3.63, 3.8) is 0 Å². The fraction of sp³-hybridized carbons (Fsp3) is 0.889. The van der Waals surface area contributed by atoms with Crippen molar-refractivity contribution < 1.29 is 13.6 Å². The number of carbonyl (C=O) groups is 1. The van der Waals surface area contributed by atoms with Crippen LogP contribution in [0.3, 0.4) is 0 Å². The predicted molar refractivity (Wildman–Crippen MR) is 61.5 cm³/mol. The van der Waals surface area contributed by atoms with E-state index >= 15 is 0 Å². The monoisotopic (exact) mass is 234 g/mol. The van der Waals surface area contributed by atoms with Gasteiger partial charge in [0.2, 0.25) is 5.91 Å². The molecule has 0 bridgehead atoms. The molecule has 5 nitrogen and oxygen atoms in total. The van der Waals surface area contributed by atoms with Crippen LogP contribution in [0.2, 0.25) is 12.6 Å². The number of hydrogen-bond donors (Lipinski definition) is 2. The average Bonchev–Trinajstić information content (AvgIpc) is 2.18. The second kappa shape index (κ2) is 7.81. The van der Waals surface area contributed by atoms with E-state index < -0.39 is 8.56 Å². The molecule has 1 amide bonds. The lowest BCUT2D eigenvalue weighted by atomic mass is 10.3. The van der Waals surface area contributed by atoms with Crippen LogP contribution in [0, 0.1) is 0 Å². The maximum Gasteiger partial charge on any atom is 0.334 e. The minimum Gasteiger partial charge on any atom is -0.398 e. The second-order valence-electron chi connectivity index (χ2n) is 3.65. The summed E-state index contributed by atoms with van der Waals surface area (Å²) < 4.78 is 11.1. The van der Waals surface area contributed by atoms with Crippen LogP contribution in [0.1, 0.15) is 19.3 Å². The zero-order valence-corrected chi connectivity index (χ0v) is 10.6. The van der Waals surface area contributed by atoms with E-state index in [-0.39, 0.29) is 5.91 Å². The van der Waals surface area contributed by atoms with Gasteiger partial charge in [-0.15, -0.1) is 0 Å². The summed E-state index contributed by atoms with van der Waals surface area (Å²) in [6.07, 6.45) is 1.96. The average molecular weight is 234 g/mol. The standard InChI is InChI=1S/C9H22N2O3Si/c1-13-15(2,14-7-4-6-10)8-3-5-9(11)12/h3-8,10H2,1-2H3,(H2,11,12). The number of primary amides is 1. The molecule has 0 heterocycles. The third kappa shape index (κ3) is 7.49. The van der Waals surface area contributed by atoms with Crippen molar-refractivity contribution in [3.8, 4) is 0 Å². The largest absolute Gasteiger partial charge is 0.398 e. The molecule has 90 valence electrons. The number of rotatable bonds is 9. The summed E-state index contributed by atoms with van der Waals surface area (Å²) in [4.78, 5) is 10.6. The Morgan fingerprint density at radius 1 is 1.40 bits per heavy atom. The molecule has 0 saturated carbocycles. The molecule has 0 aliphatic heterocycles. The van der Waals surface area contributed by atoms with Crippen molar-refractivity contribution in [2.75, 3.05) is 20.3 Å². The van der Waals surface area contributed by atoms with Gasteiger partial charge < -0.3 is 20.3 Å². The summed E-state index contributed by atoms with van der Waals surface area (Å²) in [5, 5.41) is 0. The zero-order valence-electron chi connectivity index (χ0n) is 9.62. The molecule has 0 rings (SSSR count). The zero-order chi connectivity index (χ0) is 11.7. The van der Waals surface area contributed by atoms with Gasteiger partial charge in [-0.1, -0.05) is 0 Å². The van der Waals surface area contributed by atoms with E-state index in [0.717, 1.165) is 18.9 Å². The lowest BCUT2D eigenvalue weighted by Gasteiger charge is -2.24. The molecule has 0 fully saturated rings. The summed E-state index contributed by atoms with van der Waals surface area (Å²) in [5.74, 6) is -0.274. The summed E-state index contributed by atoms with van der Waals surface area (Å²) in [6.45, 7) is 3.24. The van der Waals surface area contributed by atoms with Crippen LogP contribution in [0.5, 0.6) is 0 Å². The number of nitrogens with two attached hydrogens (primary N) is 2. The van der Waals surface area contributed by atoms with E-state index in [9.17, 15) is 4.79 Å². The molecule has 0 radical (unpaired) electrons. The van der Waals surface area contributed by atoms with Gasteiger partial charge in [-0.05, 0) is 32.0 Å². The third-order valence-corrected chi connectivity index (χ3v) is 5.18. The maximum absolute atomic E-state index is 10.6. The summed E-state index contributed by atoms with van der Waals surface area (Å²) in [5.41, 5.74) is 10.4. The van der Waals surface area contributed by atoms with Gasteiger partial charge in [-0.3, -0.25) is 4.79 Å². The molecular weight excluding hydrogens is 212 g/mol. The number of amides is 1. The quantitative estimate of drug-likeness (QED) is 0.445. The van der Waals surface area contributed by atoms with Gasteiger partial charge in [0, 0.05) is 20.1 Å². The van der Waals surface area contributed by atoms with Crippen LogP contribution < -0.4 is 11.5 Å². The topological polar surface area (TPSA) is 87.6 Å². The lowest BCUT2D eigenvalue weighted by Crippen LogP contribution is -2.38. The first-order valence-corrected chi connectivity index (χ1v) is 7.74. The Kier molecular flexibility index (Phi) is 7.58. The Labute approximate surface area is 92.4 Å². The lowest BCUT2D eigenvalue weighted by molar-refractivity contribution is -0.118. The van der Waals surface area contributed by atoms with Crippen molar-refractivity contribution in [3.05, 3.63) is 0 Å². The molecule has 0 aromatic carbocycles. The van der Waals surface area contributed by atoms with Gasteiger partial charge >= 0.3 is 8.56 Å². The molecule has 0 aliphatic carbocycles. The van der Waals surface area contributed by atoms with Crippen LogP contribution in [-0.2, 0) is 13.6 Å². The molecule has 0 aliphatic rings. The first kappa shape index (κ1) is 14.6. The van der Waals surface area contributed by atoms with Gasteiger partial charge in [-0.2, -0.15) is 0 Å². The molecule has 4 N–H and O–H groups in total. The summed E-state index contributed by atoms with van der Waals surface area (Å²) in [7, 11) is -0.439. The van der Waals surface area contributed by atoms with Gasteiger partial charge in [0.15, 0.2) is 0 Å². The maximum atomic E-state index is 10.6. The number of carbonyl (C=O) groups excluding carboxylic acids is 1. The predicted octanol–water partition coefficient (Wildman–Crippen LogP) is 0.336. The molecule has 0 aromatic heterocycles. The normalized spacial score (nSPS) is 14.9. The highest BCUT2D eigenvalue weighted by atomic mass is 28.4. The van der Waals surface area contributed by atoms with E-state index in [1.54, 1.807) is 7.11 Å². The van der Waals surface area contributed by atoms with E-state index in [1.165, 1.54) is 0 Å². The first-order chi connectivity index (χ1) is 7.04. The minimum atomic E-state index is -2.09. The van der Waals surface area contributed by atoms with Crippen LogP contribution in [0.4, 0.5) is 0 Å². The van der Waals surface area contributed by atoms with E-state index in [0.29, 0.717) is 19.6 Å². The molecular formula is C9H22N2O3Si. The molecule has 1 atom stereocenters. The van der Waals surface area contributed by atoms with Gasteiger partial charge in [0.25, 0.3) is 0 Å². The SMILES string of the molecule is CO[Si](C)(CCCC(N)=O)OCCCN. The van der Waals surface area contributed by atoms with Crippen LogP contribution in [0.15, 0.2) is 0 Å². The van der Waals surface area contributed by atoms with Crippen molar-refractivity contribution in [1.82, 2.24) is 0 Å². The fourth-order valence-corrected chi connectivity index (χ4v) is 3.05.